The number of amides is 2. The number of carbonyl (C=O) groups excluding carboxylic acids is 2. The Morgan fingerprint density at radius 2 is 1.83 bits per heavy atom. The summed E-state index contributed by atoms with van der Waals surface area (Å²) < 4.78 is 0. The number of hydrogen-bond acceptors (Lipinski definition) is 2. The van der Waals surface area contributed by atoms with Crippen molar-refractivity contribution in [2.24, 2.45) is 22.6 Å². The third-order valence-electron chi connectivity index (χ3n) is 5.13. The summed E-state index contributed by atoms with van der Waals surface area (Å²) in [5, 5.41) is 6.57. The van der Waals surface area contributed by atoms with E-state index in [0.29, 0.717) is 29.8 Å². The largest absolute Gasteiger partial charge is 0.370 e. The number of nitrogens with zero attached hydrogens (tertiary/aromatic N) is 1. The minimum Gasteiger partial charge on any atom is -0.370 e. The highest BCUT2D eigenvalue weighted by Gasteiger charge is 2.25. The number of rotatable bonds is 8. The summed E-state index contributed by atoms with van der Waals surface area (Å²) in [6.07, 6.45) is 6.75. The number of halogens is 1. The van der Waals surface area contributed by atoms with Gasteiger partial charge in [-0.3, -0.25) is 9.59 Å². The second-order valence-electron chi connectivity index (χ2n) is 8.27. The van der Waals surface area contributed by atoms with Crippen LogP contribution in [0.2, 0.25) is 5.02 Å². The molecule has 0 spiro atoms. The molecule has 6 nitrogen and oxygen atoms in total. The molecule has 0 bridgehead atoms. The van der Waals surface area contributed by atoms with E-state index in [1.165, 1.54) is 19.3 Å². The molecule has 0 radical (unpaired) electrons. The van der Waals surface area contributed by atoms with Crippen molar-refractivity contribution in [3.05, 3.63) is 34.9 Å². The molecule has 0 saturated heterocycles. The first-order chi connectivity index (χ1) is 13.8. The Bertz CT molecular complexity index is 697. The molecule has 4 N–H and O–H groups in total. The van der Waals surface area contributed by atoms with Gasteiger partial charge in [0.25, 0.3) is 5.91 Å². The van der Waals surface area contributed by atoms with Crippen molar-refractivity contribution in [2.75, 3.05) is 6.54 Å². The van der Waals surface area contributed by atoms with Crippen LogP contribution >= 0.6 is 11.6 Å². The molecule has 1 atom stereocenters. The van der Waals surface area contributed by atoms with Crippen LogP contribution in [0.1, 0.15) is 57.9 Å². The Hall–Kier alpha value is -2.08. The van der Waals surface area contributed by atoms with Gasteiger partial charge in [-0.1, -0.05) is 69.7 Å². The monoisotopic (exact) mass is 420 g/mol. The summed E-state index contributed by atoms with van der Waals surface area (Å²) in [5.41, 5.74) is 6.78. The standard InChI is InChI=1S/C22H33ClN4O2/c1-15(2)14-25-21(29)19(12-16-6-4-3-5-7-16)26-22(24)27-20(28)13-17-8-10-18(23)11-9-17/h8-11,15-16,19H,3-7,12-14H2,1-2H3,(H,25,29)(H3,24,26,27,28). The average Bonchev–Trinajstić information content (AvgIpc) is 2.68. The number of benzene rings is 1. The molecule has 0 aromatic heterocycles. The van der Waals surface area contributed by atoms with E-state index in [-0.39, 0.29) is 24.2 Å². The summed E-state index contributed by atoms with van der Waals surface area (Å²) in [6, 6.07) is 6.54. The second kappa shape index (κ2) is 11.8. The molecule has 1 aromatic carbocycles. The number of aliphatic imine (C=N–C) groups is 1. The van der Waals surface area contributed by atoms with Crippen LogP contribution in [-0.2, 0) is 16.0 Å². The molecule has 1 fully saturated rings. The quantitative estimate of drug-likeness (QED) is 0.443. The zero-order chi connectivity index (χ0) is 21.2. The zero-order valence-corrected chi connectivity index (χ0v) is 18.2. The summed E-state index contributed by atoms with van der Waals surface area (Å²) in [6.45, 7) is 4.71. The fourth-order valence-electron chi connectivity index (χ4n) is 3.58. The van der Waals surface area contributed by atoms with E-state index in [1.54, 1.807) is 24.3 Å². The fraction of sp³-hybridized carbons (Fsp3) is 0.591. The zero-order valence-electron chi connectivity index (χ0n) is 17.4. The maximum Gasteiger partial charge on any atom is 0.253 e. The first-order valence-corrected chi connectivity index (χ1v) is 10.9. The van der Waals surface area contributed by atoms with Crippen LogP contribution in [0.5, 0.6) is 0 Å². The summed E-state index contributed by atoms with van der Waals surface area (Å²) in [5.74, 6) is 0.387. The van der Waals surface area contributed by atoms with E-state index in [1.807, 2.05) is 0 Å². The molecule has 0 heterocycles. The van der Waals surface area contributed by atoms with Gasteiger partial charge in [-0.05, 0) is 36.0 Å². The van der Waals surface area contributed by atoms with Crippen LogP contribution in [0.15, 0.2) is 29.3 Å². The molecule has 1 saturated carbocycles. The number of carbonyl (C=O) groups is 2. The topological polar surface area (TPSA) is 96.6 Å². The fourth-order valence-corrected chi connectivity index (χ4v) is 3.70. The molecule has 1 aliphatic rings. The highest BCUT2D eigenvalue weighted by atomic mass is 35.5. The van der Waals surface area contributed by atoms with Crippen molar-refractivity contribution < 1.29 is 9.59 Å². The highest BCUT2D eigenvalue weighted by Crippen LogP contribution is 2.27. The van der Waals surface area contributed by atoms with Crippen LogP contribution in [0, 0.1) is 11.8 Å². The normalized spacial score (nSPS) is 16.5. The van der Waals surface area contributed by atoms with E-state index in [9.17, 15) is 9.59 Å². The molecule has 1 aliphatic carbocycles. The third kappa shape index (κ3) is 8.86. The Morgan fingerprint density at radius 3 is 2.45 bits per heavy atom. The molecule has 0 aliphatic heterocycles. The third-order valence-corrected chi connectivity index (χ3v) is 5.38. The number of hydrogen-bond donors (Lipinski definition) is 3. The summed E-state index contributed by atoms with van der Waals surface area (Å²) >= 11 is 5.86. The second-order valence-corrected chi connectivity index (χ2v) is 8.71. The van der Waals surface area contributed by atoms with Gasteiger partial charge in [0.05, 0.1) is 6.42 Å². The maximum absolute atomic E-state index is 12.7. The van der Waals surface area contributed by atoms with Gasteiger partial charge in [-0.15, -0.1) is 0 Å². The molecule has 1 aromatic rings. The van der Waals surface area contributed by atoms with Crippen LogP contribution in [0.25, 0.3) is 0 Å². The summed E-state index contributed by atoms with van der Waals surface area (Å²) in [7, 11) is 0. The molecular weight excluding hydrogens is 388 g/mol. The first kappa shape index (κ1) is 23.2. The number of nitrogens with two attached hydrogens (primary N) is 1. The SMILES string of the molecule is CC(C)CNC(=O)C(CC1CCCCC1)NC(N)=NC(=O)Cc1ccc(Cl)cc1. The molecule has 2 rings (SSSR count). The molecule has 29 heavy (non-hydrogen) atoms. The van der Waals surface area contributed by atoms with Crippen LogP contribution in [-0.4, -0.2) is 30.4 Å². The van der Waals surface area contributed by atoms with E-state index in [0.717, 1.165) is 18.4 Å². The predicted octanol–water partition coefficient (Wildman–Crippen LogP) is 3.42. The van der Waals surface area contributed by atoms with E-state index < -0.39 is 6.04 Å². The van der Waals surface area contributed by atoms with E-state index in [4.69, 9.17) is 17.3 Å². The number of nitrogens with one attached hydrogen (secondary N) is 2. The van der Waals surface area contributed by atoms with Crippen molar-refractivity contribution in [2.45, 2.75) is 64.8 Å². The minimum absolute atomic E-state index is 0.00975. The summed E-state index contributed by atoms with van der Waals surface area (Å²) in [4.78, 5) is 28.8. The van der Waals surface area contributed by atoms with Gasteiger partial charge in [0.1, 0.15) is 6.04 Å². The van der Waals surface area contributed by atoms with Crippen LogP contribution in [0.4, 0.5) is 0 Å². The maximum atomic E-state index is 12.7. The highest BCUT2D eigenvalue weighted by molar-refractivity contribution is 6.30. The van der Waals surface area contributed by atoms with E-state index in [2.05, 4.69) is 29.5 Å². The Labute approximate surface area is 178 Å². The lowest BCUT2D eigenvalue weighted by atomic mass is 9.84. The van der Waals surface area contributed by atoms with Crippen molar-refractivity contribution in [1.82, 2.24) is 10.6 Å². The smallest absolute Gasteiger partial charge is 0.253 e. The van der Waals surface area contributed by atoms with Crippen molar-refractivity contribution in [3.63, 3.8) is 0 Å². The van der Waals surface area contributed by atoms with Crippen LogP contribution < -0.4 is 16.4 Å². The van der Waals surface area contributed by atoms with Crippen molar-refractivity contribution in [1.29, 1.82) is 0 Å². The number of guanidine groups is 1. The van der Waals surface area contributed by atoms with Gasteiger partial charge in [0.2, 0.25) is 5.91 Å². The van der Waals surface area contributed by atoms with Gasteiger partial charge in [0.15, 0.2) is 5.96 Å². The first-order valence-electron chi connectivity index (χ1n) is 10.5. The Kier molecular flexibility index (Phi) is 9.45. The Morgan fingerprint density at radius 1 is 1.17 bits per heavy atom. The lowest BCUT2D eigenvalue weighted by molar-refractivity contribution is -0.123. The van der Waals surface area contributed by atoms with Gasteiger partial charge < -0.3 is 16.4 Å². The van der Waals surface area contributed by atoms with Gasteiger partial charge in [-0.2, -0.15) is 4.99 Å². The predicted molar refractivity (Wildman–Crippen MR) is 118 cm³/mol. The molecule has 160 valence electrons. The molecule has 2 amide bonds. The average molecular weight is 421 g/mol. The Balaban J connectivity index is 1.98. The molecule has 1 unspecified atom stereocenters. The lowest BCUT2D eigenvalue weighted by Gasteiger charge is -2.27. The van der Waals surface area contributed by atoms with Crippen molar-refractivity contribution >= 4 is 29.4 Å². The van der Waals surface area contributed by atoms with Gasteiger partial charge in [-0.25, -0.2) is 0 Å². The van der Waals surface area contributed by atoms with Crippen LogP contribution in [0.3, 0.4) is 0 Å². The molecule has 7 heteroatoms. The minimum atomic E-state index is -0.482. The van der Waals surface area contributed by atoms with Gasteiger partial charge >= 0.3 is 0 Å². The van der Waals surface area contributed by atoms with Gasteiger partial charge in [0, 0.05) is 11.6 Å². The lowest BCUT2D eigenvalue weighted by Crippen LogP contribution is -2.51. The van der Waals surface area contributed by atoms with Crippen molar-refractivity contribution in [3.8, 4) is 0 Å². The van der Waals surface area contributed by atoms with E-state index >= 15 is 0 Å². The molecular formula is C22H33ClN4O2.